The van der Waals surface area contributed by atoms with Crippen LogP contribution in [0.5, 0.6) is 11.6 Å². The molecule has 0 saturated carbocycles. The summed E-state index contributed by atoms with van der Waals surface area (Å²) in [4.78, 5) is 15.4. The maximum atomic E-state index is 15.2. The third-order valence-electron chi connectivity index (χ3n) is 6.49. The van der Waals surface area contributed by atoms with E-state index >= 15 is 4.39 Å². The van der Waals surface area contributed by atoms with Crippen molar-refractivity contribution >= 4 is 16.9 Å². The minimum Gasteiger partial charge on any atom is -0.436 e. The maximum Gasteiger partial charge on any atom is 0.219 e. The highest BCUT2D eigenvalue weighted by Crippen LogP contribution is 2.44. The second-order valence-electron chi connectivity index (χ2n) is 8.86. The first-order chi connectivity index (χ1) is 16.6. The summed E-state index contributed by atoms with van der Waals surface area (Å²) in [6.07, 6.45) is 4.19. The molecule has 2 aliphatic heterocycles. The highest BCUT2D eigenvalue weighted by atomic mass is 19.1. The maximum absolute atomic E-state index is 15.2. The van der Waals surface area contributed by atoms with E-state index in [2.05, 4.69) is 24.4 Å². The Kier molecular flexibility index (Phi) is 5.15. The molecule has 2 unspecified atom stereocenters. The number of aryl methyl sites for hydroxylation is 1. The van der Waals surface area contributed by atoms with E-state index in [0.29, 0.717) is 19.1 Å². The number of hydrogen-bond acceptors (Lipinski definition) is 7. The Morgan fingerprint density at radius 2 is 2.09 bits per heavy atom. The van der Waals surface area contributed by atoms with Crippen LogP contribution in [-0.4, -0.2) is 51.4 Å². The van der Waals surface area contributed by atoms with Gasteiger partial charge in [0.25, 0.3) is 0 Å². The fraction of sp³-hybridized carbons (Fsp3) is 0.320. The average Bonchev–Trinajstić information content (AvgIpc) is 3.39. The summed E-state index contributed by atoms with van der Waals surface area (Å²) in [5.74, 6) is 1.03. The van der Waals surface area contributed by atoms with Crippen molar-refractivity contribution in [1.29, 1.82) is 0 Å². The SMILES string of the molecule is Cc1cccc(Oc2ccc(-c3c4n(c5ncncc35)CCN4C3COCC(N)C3)cc2F)n1. The van der Waals surface area contributed by atoms with Gasteiger partial charge >= 0.3 is 0 Å². The van der Waals surface area contributed by atoms with Crippen LogP contribution in [0.2, 0.25) is 0 Å². The largest absolute Gasteiger partial charge is 0.436 e. The summed E-state index contributed by atoms with van der Waals surface area (Å²) < 4.78 is 28.9. The first-order valence-electron chi connectivity index (χ1n) is 11.4. The van der Waals surface area contributed by atoms with E-state index in [9.17, 15) is 0 Å². The predicted octanol–water partition coefficient (Wildman–Crippen LogP) is 3.67. The Hall–Kier alpha value is -3.56. The Balaban J connectivity index is 1.43. The number of halogens is 1. The van der Waals surface area contributed by atoms with Gasteiger partial charge in [0, 0.05) is 48.0 Å². The van der Waals surface area contributed by atoms with Gasteiger partial charge in [0.2, 0.25) is 5.88 Å². The van der Waals surface area contributed by atoms with Crippen LogP contribution in [0, 0.1) is 12.7 Å². The number of fused-ring (bicyclic) bond motifs is 3. The molecule has 6 rings (SSSR count). The molecular formula is C25H25FN6O2. The normalized spacial score (nSPS) is 20.0. The van der Waals surface area contributed by atoms with Crippen LogP contribution in [0.4, 0.5) is 10.2 Å². The minimum atomic E-state index is -0.460. The molecule has 4 aromatic rings. The number of hydrogen-bond donors (Lipinski definition) is 1. The number of nitrogens with two attached hydrogens (primary N) is 1. The molecule has 1 fully saturated rings. The number of pyridine rings is 1. The van der Waals surface area contributed by atoms with Crippen molar-refractivity contribution in [3.05, 3.63) is 60.4 Å². The molecule has 174 valence electrons. The van der Waals surface area contributed by atoms with Crippen molar-refractivity contribution in [2.24, 2.45) is 5.73 Å². The number of aromatic nitrogens is 4. The zero-order valence-electron chi connectivity index (χ0n) is 18.8. The van der Waals surface area contributed by atoms with E-state index in [1.165, 1.54) is 6.07 Å². The van der Waals surface area contributed by atoms with Gasteiger partial charge in [-0.3, -0.25) is 0 Å². The van der Waals surface area contributed by atoms with Gasteiger partial charge in [-0.25, -0.2) is 19.3 Å². The lowest BCUT2D eigenvalue weighted by Gasteiger charge is -2.35. The molecule has 2 atom stereocenters. The van der Waals surface area contributed by atoms with Crippen LogP contribution in [0.15, 0.2) is 48.9 Å². The number of rotatable bonds is 4. The van der Waals surface area contributed by atoms with Gasteiger partial charge in [-0.05, 0) is 37.1 Å². The summed E-state index contributed by atoms with van der Waals surface area (Å²) in [7, 11) is 0. The lowest BCUT2D eigenvalue weighted by Crippen LogP contribution is -2.47. The quantitative estimate of drug-likeness (QED) is 0.497. The summed E-state index contributed by atoms with van der Waals surface area (Å²) >= 11 is 0. The summed E-state index contributed by atoms with van der Waals surface area (Å²) in [5, 5.41) is 0.886. The molecule has 0 spiro atoms. The molecule has 1 aromatic carbocycles. The smallest absolute Gasteiger partial charge is 0.219 e. The molecular weight excluding hydrogens is 435 g/mol. The fourth-order valence-corrected chi connectivity index (χ4v) is 5.02. The van der Waals surface area contributed by atoms with E-state index in [-0.39, 0.29) is 17.8 Å². The Morgan fingerprint density at radius 1 is 1.18 bits per heavy atom. The molecule has 0 amide bonds. The Bertz CT molecular complexity index is 1370. The van der Waals surface area contributed by atoms with E-state index in [4.69, 9.17) is 15.2 Å². The number of ether oxygens (including phenoxy) is 2. The first kappa shape index (κ1) is 21.0. The average molecular weight is 461 g/mol. The summed E-state index contributed by atoms with van der Waals surface area (Å²) in [6, 6.07) is 10.6. The van der Waals surface area contributed by atoms with Crippen LogP contribution < -0.4 is 15.4 Å². The molecule has 8 nitrogen and oxygen atoms in total. The zero-order valence-corrected chi connectivity index (χ0v) is 18.8. The fourth-order valence-electron chi connectivity index (χ4n) is 5.02. The minimum absolute atomic E-state index is 0.00419. The van der Waals surface area contributed by atoms with Crippen LogP contribution in [0.3, 0.4) is 0 Å². The van der Waals surface area contributed by atoms with Gasteiger partial charge in [-0.1, -0.05) is 12.1 Å². The van der Waals surface area contributed by atoms with Crippen LogP contribution in [-0.2, 0) is 11.3 Å². The lowest BCUT2D eigenvalue weighted by molar-refractivity contribution is 0.0657. The van der Waals surface area contributed by atoms with Crippen molar-refractivity contribution in [3.63, 3.8) is 0 Å². The van der Waals surface area contributed by atoms with Gasteiger partial charge in [-0.2, -0.15) is 0 Å². The van der Waals surface area contributed by atoms with Crippen molar-refractivity contribution in [3.8, 4) is 22.8 Å². The molecule has 3 aromatic heterocycles. The van der Waals surface area contributed by atoms with Crippen LogP contribution in [0.25, 0.3) is 22.2 Å². The second kappa shape index (κ2) is 8.34. The van der Waals surface area contributed by atoms with Gasteiger partial charge in [-0.15, -0.1) is 0 Å². The van der Waals surface area contributed by atoms with Crippen molar-refractivity contribution in [2.75, 3.05) is 24.7 Å². The van der Waals surface area contributed by atoms with E-state index in [0.717, 1.165) is 53.2 Å². The molecule has 1 saturated heterocycles. The Labute approximate surface area is 196 Å². The molecule has 2 N–H and O–H groups in total. The van der Waals surface area contributed by atoms with Crippen LogP contribution >= 0.6 is 0 Å². The summed E-state index contributed by atoms with van der Waals surface area (Å²) in [6.45, 7) is 4.67. The predicted molar refractivity (Wildman–Crippen MR) is 127 cm³/mol. The van der Waals surface area contributed by atoms with Crippen molar-refractivity contribution in [1.82, 2.24) is 19.5 Å². The third-order valence-corrected chi connectivity index (χ3v) is 6.49. The highest BCUT2D eigenvalue weighted by Gasteiger charge is 2.35. The van der Waals surface area contributed by atoms with E-state index in [1.807, 2.05) is 25.1 Å². The number of benzene rings is 1. The molecule has 34 heavy (non-hydrogen) atoms. The van der Waals surface area contributed by atoms with E-state index in [1.54, 1.807) is 24.7 Å². The molecule has 9 heteroatoms. The molecule has 0 aliphatic carbocycles. The lowest BCUT2D eigenvalue weighted by atomic mass is 10.0. The van der Waals surface area contributed by atoms with Gasteiger partial charge in [0.15, 0.2) is 11.6 Å². The van der Waals surface area contributed by atoms with Gasteiger partial charge in [0.05, 0.1) is 19.3 Å². The van der Waals surface area contributed by atoms with Crippen LogP contribution in [0.1, 0.15) is 12.1 Å². The standard InChI is InChI=1S/C25H25FN6O2/c1-15-3-2-4-22(30-15)34-21-6-5-16(9-20(21)26)23-19-11-28-14-29-24(19)32-8-7-31(25(23)32)18-10-17(27)12-33-13-18/h2-6,9,11,14,17-18H,7-8,10,12-13,27H2,1H3. The third kappa shape index (κ3) is 3.57. The number of nitrogens with zero attached hydrogens (tertiary/aromatic N) is 5. The monoisotopic (exact) mass is 460 g/mol. The highest BCUT2D eigenvalue weighted by molar-refractivity contribution is 6.02. The van der Waals surface area contributed by atoms with Gasteiger partial charge < -0.3 is 24.7 Å². The molecule has 0 radical (unpaired) electrons. The molecule has 5 heterocycles. The van der Waals surface area contributed by atoms with E-state index < -0.39 is 5.82 Å². The molecule has 0 bridgehead atoms. The first-order valence-corrected chi connectivity index (χ1v) is 11.4. The van der Waals surface area contributed by atoms with Crippen molar-refractivity contribution < 1.29 is 13.9 Å². The molecule has 2 aliphatic rings. The summed E-state index contributed by atoms with van der Waals surface area (Å²) in [5.41, 5.74) is 9.49. The second-order valence-corrected chi connectivity index (χ2v) is 8.86. The van der Waals surface area contributed by atoms with Crippen molar-refractivity contribution in [2.45, 2.75) is 32.0 Å². The van der Waals surface area contributed by atoms with Gasteiger partial charge in [0.1, 0.15) is 17.8 Å². The number of anilines is 1. The zero-order chi connectivity index (χ0) is 23.2. The topological polar surface area (TPSA) is 91.3 Å². The Morgan fingerprint density at radius 3 is 2.91 bits per heavy atom.